The number of aryl methyl sites for hydroxylation is 1. The second-order valence-corrected chi connectivity index (χ2v) is 4.68. The van der Waals surface area contributed by atoms with Gasteiger partial charge >= 0.3 is 11.9 Å². The number of hydrogen-bond donors (Lipinski definition) is 0. The Morgan fingerprint density at radius 1 is 1.05 bits per heavy atom. The van der Waals surface area contributed by atoms with Crippen LogP contribution >= 0.6 is 0 Å². The summed E-state index contributed by atoms with van der Waals surface area (Å²) in [6.07, 6.45) is 3.82. The Morgan fingerprint density at radius 2 is 1.65 bits per heavy atom. The second kappa shape index (κ2) is 7.48. The van der Waals surface area contributed by atoms with Gasteiger partial charge in [-0.1, -0.05) is 17.7 Å². The van der Waals surface area contributed by atoms with Crippen molar-refractivity contribution in [3.05, 3.63) is 46.5 Å². The lowest BCUT2D eigenvalue weighted by atomic mass is 10.0. The molecule has 0 unspecified atom stereocenters. The average molecular weight is 276 g/mol. The molecular weight excluding hydrogens is 256 g/mol. The molecule has 0 saturated carbocycles. The molecule has 0 N–H and O–H groups in total. The van der Waals surface area contributed by atoms with Crippen molar-refractivity contribution in [2.45, 2.75) is 26.7 Å². The summed E-state index contributed by atoms with van der Waals surface area (Å²) in [4.78, 5) is 23.4. The van der Waals surface area contributed by atoms with Crippen molar-refractivity contribution >= 4 is 11.9 Å². The zero-order valence-corrected chi connectivity index (χ0v) is 12.4. The van der Waals surface area contributed by atoms with Crippen LogP contribution in [-0.4, -0.2) is 26.2 Å². The highest BCUT2D eigenvalue weighted by Crippen LogP contribution is 2.16. The summed E-state index contributed by atoms with van der Waals surface area (Å²) >= 11 is 0. The molecule has 0 saturated heterocycles. The maximum atomic E-state index is 11.7. The van der Waals surface area contributed by atoms with Gasteiger partial charge in [-0.2, -0.15) is 0 Å². The molecule has 1 aromatic rings. The Hall–Kier alpha value is -2.10. The highest BCUT2D eigenvalue weighted by atomic mass is 16.5. The van der Waals surface area contributed by atoms with Crippen molar-refractivity contribution in [3.8, 4) is 0 Å². The van der Waals surface area contributed by atoms with Crippen LogP contribution in [0.5, 0.6) is 0 Å². The first kappa shape index (κ1) is 16.0. The minimum absolute atomic E-state index is 0.227. The number of ether oxygens (including phenoxy) is 2. The van der Waals surface area contributed by atoms with Gasteiger partial charge in [0.05, 0.1) is 25.3 Å². The van der Waals surface area contributed by atoms with E-state index < -0.39 is 11.9 Å². The third-order valence-corrected chi connectivity index (χ3v) is 2.88. The first-order valence-corrected chi connectivity index (χ1v) is 6.42. The van der Waals surface area contributed by atoms with Crippen LogP contribution in [0.4, 0.5) is 0 Å². The van der Waals surface area contributed by atoms with Crippen molar-refractivity contribution in [2.24, 2.45) is 0 Å². The number of methoxy groups -OCH3 is 2. The molecule has 0 aliphatic carbocycles. The van der Waals surface area contributed by atoms with Gasteiger partial charge in [0, 0.05) is 0 Å². The molecule has 1 aromatic carbocycles. The summed E-state index contributed by atoms with van der Waals surface area (Å²) in [5.74, 6) is -1.07. The molecule has 0 bridgehead atoms. The summed E-state index contributed by atoms with van der Waals surface area (Å²) in [6.45, 7) is 4.08. The smallest absolute Gasteiger partial charge is 0.338 e. The molecular formula is C16H20O4. The van der Waals surface area contributed by atoms with E-state index in [4.69, 9.17) is 4.74 Å². The molecule has 0 amide bonds. The fourth-order valence-corrected chi connectivity index (χ4v) is 1.84. The molecule has 4 nitrogen and oxygen atoms in total. The van der Waals surface area contributed by atoms with Crippen LogP contribution < -0.4 is 0 Å². The number of rotatable bonds is 5. The fourth-order valence-electron chi connectivity index (χ4n) is 1.84. The van der Waals surface area contributed by atoms with E-state index in [2.05, 4.69) is 10.8 Å². The topological polar surface area (TPSA) is 52.6 Å². The van der Waals surface area contributed by atoms with E-state index in [1.54, 1.807) is 12.1 Å². The molecule has 1 rings (SSSR count). The van der Waals surface area contributed by atoms with Gasteiger partial charge in [0.2, 0.25) is 0 Å². The molecule has 0 aromatic heterocycles. The summed E-state index contributed by atoms with van der Waals surface area (Å²) in [7, 11) is 2.57. The van der Waals surface area contributed by atoms with Crippen molar-refractivity contribution < 1.29 is 19.1 Å². The highest BCUT2D eigenvalue weighted by molar-refractivity contribution is 6.03. The lowest BCUT2D eigenvalue weighted by molar-refractivity contribution is 0.0555. The first-order chi connectivity index (χ1) is 9.49. The van der Waals surface area contributed by atoms with E-state index in [1.807, 2.05) is 19.9 Å². The van der Waals surface area contributed by atoms with E-state index in [-0.39, 0.29) is 11.1 Å². The van der Waals surface area contributed by atoms with Crippen LogP contribution in [-0.2, 0) is 15.9 Å². The average Bonchev–Trinajstić information content (AvgIpc) is 2.45. The van der Waals surface area contributed by atoms with Crippen molar-refractivity contribution in [3.63, 3.8) is 0 Å². The van der Waals surface area contributed by atoms with Gasteiger partial charge in [-0.25, -0.2) is 9.59 Å². The third-order valence-electron chi connectivity index (χ3n) is 2.88. The molecule has 0 aliphatic heterocycles. The Balaban J connectivity index is 3.04. The normalized spacial score (nSPS) is 9.80. The summed E-state index contributed by atoms with van der Waals surface area (Å²) < 4.78 is 9.38. The van der Waals surface area contributed by atoms with Gasteiger partial charge in [-0.05, 0) is 44.4 Å². The predicted molar refractivity (Wildman–Crippen MR) is 76.9 cm³/mol. The van der Waals surface area contributed by atoms with Gasteiger partial charge in [0.25, 0.3) is 0 Å². The molecule has 0 heterocycles. The zero-order valence-electron chi connectivity index (χ0n) is 12.4. The maximum Gasteiger partial charge on any atom is 0.338 e. The minimum atomic E-state index is -0.541. The SMILES string of the molecule is COC(=O)c1ccc(CCC=C(C)C)cc1C(=O)OC. The Bertz CT molecular complexity index is 525. The number of carbonyl (C=O) groups is 2. The quantitative estimate of drug-likeness (QED) is 0.612. The minimum Gasteiger partial charge on any atom is -0.465 e. The zero-order chi connectivity index (χ0) is 15.1. The monoisotopic (exact) mass is 276 g/mol. The van der Waals surface area contributed by atoms with Crippen molar-refractivity contribution in [2.75, 3.05) is 14.2 Å². The molecule has 0 radical (unpaired) electrons. The van der Waals surface area contributed by atoms with Crippen LogP contribution in [0.3, 0.4) is 0 Å². The largest absolute Gasteiger partial charge is 0.465 e. The number of hydrogen-bond acceptors (Lipinski definition) is 4. The van der Waals surface area contributed by atoms with E-state index >= 15 is 0 Å². The summed E-state index contributed by atoms with van der Waals surface area (Å²) in [5, 5.41) is 0. The first-order valence-electron chi connectivity index (χ1n) is 6.42. The highest BCUT2D eigenvalue weighted by Gasteiger charge is 2.18. The van der Waals surface area contributed by atoms with Gasteiger partial charge in [-0.3, -0.25) is 0 Å². The molecule has 108 valence electrons. The molecule has 0 spiro atoms. The van der Waals surface area contributed by atoms with Crippen molar-refractivity contribution in [1.29, 1.82) is 0 Å². The predicted octanol–water partition coefficient (Wildman–Crippen LogP) is 3.16. The number of benzene rings is 1. The van der Waals surface area contributed by atoms with E-state index in [0.717, 1.165) is 18.4 Å². The van der Waals surface area contributed by atoms with Crippen LogP contribution in [0.1, 0.15) is 46.5 Å². The number of allylic oxidation sites excluding steroid dienone is 2. The molecule has 4 heteroatoms. The number of esters is 2. The van der Waals surface area contributed by atoms with Gasteiger partial charge in [0.15, 0.2) is 0 Å². The molecule has 0 atom stereocenters. The van der Waals surface area contributed by atoms with Crippen LogP contribution in [0.15, 0.2) is 29.8 Å². The van der Waals surface area contributed by atoms with Gasteiger partial charge in [0.1, 0.15) is 0 Å². The van der Waals surface area contributed by atoms with Gasteiger partial charge in [-0.15, -0.1) is 0 Å². The van der Waals surface area contributed by atoms with Gasteiger partial charge < -0.3 is 9.47 Å². The Labute approximate surface area is 119 Å². The fraction of sp³-hybridized carbons (Fsp3) is 0.375. The van der Waals surface area contributed by atoms with E-state index in [1.165, 1.54) is 19.8 Å². The van der Waals surface area contributed by atoms with E-state index in [9.17, 15) is 9.59 Å². The lowest BCUT2D eigenvalue weighted by Gasteiger charge is -2.08. The third kappa shape index (κ3) is 4.23. The second-order valence-electron chi connectivity index (χ2n) is 4.68. The van der Waals surface area contributed by atoms with Crippen molar-refractivity contribution in [1.82, 2.24) is 0 Å². The molecule has 20 heavy (non-hydrogen) atoms. The molecule has 0 aliphatic rings. The van der Waals surface area contributed by atoms with E-state index in [0.29, 0.717) is 0 Å². The van der Waals surface area contributed by atoms with Crippen LogP contribution in [0, 0.1) is 0 Å². The number of carbonyl (C=O) groups excluding carboxylic acids is 2. The Morgan fingerprint density at radius 3 is 2.20 bits per heavy atom. The standard InChI is InChI=1S/C16H20O4/c1-11(2)6-5-7-12-8-9-13(15(17)19-3)14(10-12)16(18)20-4/h6,8-10H,5,7H2,1-4H3. The Kier molecular flexibility index (Phi) is 5.97. The van der Waals surface area contributed by atoms with Crippen LogP contribution in [0.25, 0.3) is 0 Å². The van der Waals surface area contributed by atoms with Crippen LogP contribution in [0.2, 0.25) is 0 Å². The summed E-state index contributed by atoms with van der Waals surface area (Å²) in [6, 6.07) is 5.13. The lowest BCUT2D eigenvalue weighted by Crippen LogP contribution is -2.12. The molecule has 0 fully saturated rings. The maximum absolute atomic E-state index is 11.7. The summed E-state index contributed by atoms with van der Waals surface area (Å²) in [5.41, 5.74) is 2.71.